The number of amides is 2. The summed E-state index contributed by atoms with van der Waals surface area (Å²) in [5.41, 5.74) is 0.857. The predicted molar refractivity (Wildman–Crippen MR) is 86.0 cm³/mol. The van der Waals surface area contributed by atoms with Gasteiger partial charge >= 0.3 is 6.03 Å². The van der Waals surface area contributed by atoms with Crippen LogP contribution in [0.1, 0.15) is 24.2 Å². The van der Waals surface area contributed by atoms with Gasteiger partial charge in [-0.05, 0) is 30.9 Å². The summed E-state index contributed by atoms with van der Waals surface area (Å²) in [6.45, 7) is 1.23. The molecule has 0 bridgehead atoms. The number of fused-ring (bicyclic) bond motifs is 1. The third-order valence-corrected chi connectivity index (χ3v) is 4.30. The molecular formula is C17H19N3O4. The number of carbonyl (C=O) groups is 1. The number of hydrogen-bond acceptors (Lipinski definition) is 5. The molecule has 2 heterocycles. The van der Waals surface area contributed by atoms with Crippen LogP contribution in [0, 0.1) is 5.92 Å². The summed E-state index contributed by atoms with van der Waals surface area (Å²) >= 11 is 0. The first-order valence-corrected chi connectivity index (χ1v) is 8.13. The zero-order valence-corrected chi connectivity index (χ0v) is 13.2. The van der Waals surface area contributed by atoms with E-state index in [-0.39, 0.29) is 11.8 Å². The number of carbonyl (C=O) groups excluding carboxylic acids is 1. The molecule has 0 unspecified atom stereocenters. The highest BCUT2D eigenvalue weighted by molar-refractivity contribution is 5.88. The van der Waals surface area contributed by atoms with E-state index in [2.05, 4.69) is 10.5 Å². The lowest BCUT2D eigenvalue weighted by Crippen LogP contribution is -2.36. The van der Waals surface area contributed by atoms with Gasteiger partial charge < -0.3 is 19.3 Å². The number of nitrogens with one attached hydrogen (secondary N) is 1. The molecule has 4 rings (SSSR count). The van der Waals surface area contributed by atoms with E-state index in [0.717, 1.165) is 17.7 Å². The molecular weight excluding hydrogens is 310 g/mol. The number of phenols is 1. The van der Waals surface area contributed by atoms with Crippen LogP contribution in [-0.4, -0.2) is 34.3 Å². The maximum absolute atomic E-state index is 12.5. The third kappa shape index (κ3) is 3.29. The van der Waals surface area contributed by atoms with Crippen LogP contribution in [0.2, 0.25) is 0 Å². The monoisotopic (exact) mass is 329 g/mol. The van der Waals surface area contributed by atoms with Gasteiger partial charge in [0.2, 0.25) is 0 Å². The zero-order valence-electron chi connectivity index (χ0n) is 13.2. The van der Waals surface area contributed by atoms with Crippen LogP contribution in [0.4, 0.5) is 10.6 Å². The summed E-state index contributed by atoms with van der Waals surface area (Å²) in [5, 5.41) is 16.2. The highest BCUT2D eigenvalue weighted by Crippen LogP contribution is 2.33. The average Bonchev–Trinajstić information content (AvgIpc) is 3.30. The van der Waals surface area contributed by atoms with Gasteiger partial charge in [-0.2, -0.15) is 0 Å². The number of benzene rings is 1. The van der Waals surface area contributed by atoms with Gasteiger partial charge in [-0.15, -0.1) is 0 Å². The smallest absolute Gasteiger partial charge is 0.323 e. The number of aromatic nitrogens is 1. The second-order valence-corrected chi connectivity index (χ2v) is 6.32. The molecule has 2 aliphatic rings. The van der Waals surface area contributed by atoms with Crippen LogP contribution in [-0.2, 0) is 13.0 Å². The van der Waals surface area contributed by atoms with E-state index < -0.39 is 0 Å². The van der Waals surface area contributed by atoms with Gasteiger partial charge in [0.1, 0.15) is 23.9 Å². The second-order valence-electron chi connectivity index (χ2n) is 6.32. The molecule has 1 aliphatic carbocycles. The van der Waals surface area contributed by atoms with Crippen LogP contribution >= 0.6 is 0 Å². The molecule has 1 aliphatic heterocycles. The molecule has 0 saturated heterocycles. The molecule has 2 N–H and O–H groups in total. The second kappa shape index (κ2) is 6.07. The summed E-state index contributed by atoms with van der Waals surface area (Å²) in [6, 6.07) is 6.46. The maximum atomic E-state index is 12.5. The van der Waals surface area contributed by atoms with E-state index in [1.54, 1.807) is 29.2 Å². The van der Waals surface area contributed by atoms with Crippen LogP contribution in [0.5, 0.6) is 11.5 Å². The lowest BCUT2D eigenvalue weighted by Gasteiger charge is -2.19. The third-order valence-electron chi connectivity index (χ3n) is 4.30. The first kappa shape index (κ1) is 14.9. The minimum absolute atomic E-state index is 0.150. The summed E-state index contributed by atoms with van der Waals surface area (Å²) in [4.78, 5) is 14.1. The van der Waals surface area contributed by atoms with Gasteiger partial charge in [0.25, 0.3) is 0 Å². The highest BCUT2D eigenvalue weighted by Gasteiger charge is 2.24. The van der Waals surface area contributed by atoms with Crippen molar-refractivity contribution in [2.24, 2.45) is 5.92 Å². The standard InChI is InChI=1S/C17H19N3O4/c21-13-4-3-12-10-20(5-6-23-15(12)8-13)17(22)18-16-9-14(24-19-16)7-11-1-2-11/h3-4,8-9,11,21H,1-2,5-7,10H2,(H,18,19,22). The Morgan fingerprint density at radius 3 is 3.08 bits per heavy atom. The molecule has 7 nitrogen and oxygen atoms in total. The minimum Gasteiger partial charge on any atom is -0.508 e. The number of hydrogen-bond donors (Lipinski definition) is 2. The molecule has 1 aromatic heterocycles. The Morgan fingerprint density at radius 2 is 2.25 bits per heavy atom. The Kier molecular flexibility index (Phi) is 3.76. The fraction of sp³-hybridized carbons (Fsp3) is 0.412. The van der Waals surface area contributed by atoms with Gasteiger partial charge in [-0.25, -0.2) is 4.79 Å². The first-order valence-electron chi connectivity index (χ1n) is 8.13. The van der Waals surface area contributed by atoms with Crippen molar-refractivity contribution in [3.05, 3.63) is 35.6 Å². The quantitative estimate of drug-likeness (QED) is 0.904. The molecule has 0 spiro atoms. The molecule has 2 amide bonds. The molecule has 1 saturated carbocycles. The van der Waals surface area contributed by atoms with Crippen molar-refractivity contribution >= 4 is 11.8 Å². The van der Waals surface area contributed by atoms with Crippen molar-refractivity contribution in [2.45, 2.75) is 25.8 Å². The van der Waals surface area contributed by atoms with Crippen molar-refractivity contribution in [1.82, 2.24) is 10.1 Å². The summed E-state index contributed by atoms with van der Waals surface area (Å²) in [7, 11) is 0. The minimum atomic E-state index is -0.245. The van der Waals surface area contributed by atoms with Crippen molar-refractivity contribution in [1.29, 1.82) is 0 Å². The van der Waals surface area contributed by atoms with E-state index in [9.17, 15) is 9.90 Å². The Balaban J connectivity index is 1.42. The van der Waals surface area contributed by atoms with E-state index >= 15 is 0 Å². The Hall–Kier alpha value is -2.70. The van der Waals surface area contributed by atoms with Gasteiger partial charge in [0.15, 0.2) is 5.82 Å². The van der Waals surface area contributed by atoms with Crippen molar-refractivity contribution in [3.63, 3.8) is 0 Å². The van der Waals surface area contributed by atoms with Gasteiger partial charge in [-0.3, -0.25) is 5.32 Å². The van der Waals surface area contributed by atoms with Gasteiger partial charge in [0, 0.05) is 24.1 Å². The van der Waals surface area contributed by atoms with Crippen LogP contribution in [0.25, 0.3) is 0 Å². The molecule has 1 fully saturated rings. The molecule has 0 radical (unpaired) electrons. The SMILES string of the molecule is O=C(Nc1cc(CC2CC2)on1)N1CCOc2cc(O)ccc2C1. The van der Waals surface area contributed by atoms with Gasteiger partial charge in [-0.1, -0.05) is 5.16 Å². The predicted octanol–water partition coefficient (Wildman–Crippen LogP) is 2.76. The zero-order chi connectivity index (χ0) is 16.5. The van der Waals surface area contributed by atoms with Crippen molar-refractivity contribution < 1.29 is 19.2 Å². The fourth-order valence-electron chi connectivity index (χ4n) is 2.80. The van der Waals surface area contributed by atoms with E-state index in [1.165, 1.54) is 12.8 Å². The highest BCUT2D eigenvalue weighted by atomic mass is 16.5. The molecule has 126 valence electrons. The number of rotatable bonds is 3. The van der Waals surface area contributed by atoms with Gasteiger partial charge in [0.05, 0.1) is 13.1 Å². The Morgan fingerprint density at radius 1 is 1.38 bits per heavy atom. The lowest BCUT2D eigenvalue weighted by atomic mass is 10.2. The van der Waals surface area contributed by atoms with Crippen LogP contribution in [0.3, 0.4) is 0 Å². The number of ether oxygens (including phenoxy) is 1. The largest absolute Gasteiger partial charge is 0.508 e. The van der Waals surface area contributed by atoms with E-state index in [1.807, 2.05) is 0 Å². The number of aromatic hydroxyl groups is 1. The average molecular weight is 329 g/mol. The van der Waals surface area contributed by atoms with Crippen LogP contribution < -0.4 is 10.1 Å². The summed E-state index contributed by atoms with van der Waals surface area (Å²) < 4.78 is 10.9. The lowest BCUT2D eigenvalue weighted by molar-refractivity contribution is 0.200. The first-order chi connectivity index (χ1) is 11.7. The molecule has 2 aromatic rings. The van der Waals surface area contributed by atoms with E-state index in [0.29, 0.717) is 37.2 Å². The Labute approximate surface area is 139 Å². The topological polar surface area (TPSA) is 87.8 Å². The fourth-order valence-corrected chi connectivity index (χ4v) is 2.80. The Bertz CT molecular complexity index is 754. The van der Waals surface area contributed by atoms with E-state index in [4.69, 9.17) is 9.26 Å². The molecule has 1 aromatic carbocycles. The van der Waals surface area contributed by atoms with Crippen molar-refractivity contribution in [2.75, 3.05) is 18.5 Å². The number of anilines is 1. The van der Waals surface area contributed by atoms with Crippen molar-refractivity contribution in [3.8, 4) is 11.5 Å². The maximum Gasteiger partial charge on any atom is 0.323 e. The molecule has 24 heavy (non-hydrogen) atoms. The summed E-state index contributed by atoms with van der Waals surface area (Å²) in [6.07, 6.45) is 3.37. The number of urea groups is 1. The summed E-state index contributed by atoms with van der Waals surface area (Å²) in [5.74, 6) is 2.72. The molecule has 0 atom stereocenters. The normalized spacial score (nSPS) is 16.9. The number of phenolic OH excluding ortho intramolecular Hbond substituents is 1. The number of nitrogens with zero attached hydrogens (tertiary/aromatic N) is 2. The molecule has 7 heteroatoms. The van der Waals surface area contributed by atoms with Crippen LogP contribution in [0.15, 0.2) is 28.8 Å².